The Bertz CT molecular complexity index is 553. The lowest BCUT2D eigenvalue weighted by Crippen LogP contribution is -2.09. The molecule has 0 heterocycles. The van der Waals surface area contributed by atoms with Gasteiger partial charge in [-0.2, -0.15) is 0 Å². The van der Waals surface area contributed by atoms with Gasteiger partial charge in [0.2, 0.25) is 0 Å². The molecule has 0 unspecified atom stereocenters. The summed E-state index contributed by atoms with van der Waals surface area (Å²) in [6.07, 6.45) is 1.56. The molecule has 0 aliphatic heterocycles. The van der Waals surface area contributed by atoms with Crippen molar-refractivity contribution >= 4 is 21.5 Å². The smallest absolute Gasteiger partial charge is 0.337 e. The Labute approximate surface area is 112 Å². The molecular formula is C12H17NO5S. The summed E-state index contributed by atoms with van der Waals surface area (Å²) in [4.78, 5) is 11.3. The Balaban J connectivity index is 2.58. The molecule has 0 spiro atoms. The van der Waals surface area contributed by atoms with Crippen LogP contribution in [0.25, 0.3) is 0 Å². The van der Waals surface area contributed by atoms with Crippen molar-refractivity contribution in [3.63, 3.8) is 0 Å². The highest BCUT2D eigenvalue weighted by atomic mass is 32.2. The maximum Gasteiger partial charge on any atom is 0.337 e. The maximum atomic E-state index is 11.3. The number of nitrogen functional groups attached to an aromatic ring is 1. The number of carbonyl (C=O) groups excluding carboxylic acids is 1. The number of rotatable bonds is 6. The molecule has 0 radical (unpaired) electrons. The molecule has 19 heavy (non-hydrogen) atoms. The summed E-state index contributed by atoms with van der Waals surface area (Å²) in [6.45, 7) is 0.245. The molecule has 7 heteroatoms. The second-order valence-corrected chi connectivity index (χ2v) is 6.34. The van der Waals surface area contributed by atoms with Gasteiger partial charge in [0.05, 0.1) is 30.7 Å². The number of hydrogen-bond acceptors (Lipinski definition) is 6. The third-order valence-corrected chi connectivity index (χ3v) is 3.38. The highest BCUT2D eigenvalue weighted by Gasteiger charge is 2.09. The number of methoxy groups -OCH3 is 1. The van der Waals surface area contributed by atoms with Gasteiger partial charge in [0.15, 0.2) is 0 Å². The molecule has 1 aromatic rings. The van der Waals surface area contributed by atoms with E-state index in [1.807, 2.05) is 0 Å². The summed E-state index contributed by atoms with van der Waals surface area (Å²) in [5.41, 5.74) is 6.38. The first-order valence-electron chi connectivity index (χ1n) is 5.62. The summed E-state index contributed by atoms with van der Waals surface area (Å²) in [7, 11) is -1.70. The fraction of sp³-hybridized carbons (Fsp3) is 0.417. The molecule has 6 nitrogen and oxygen atoms in total. The molecule has 0 aromatic heterocycles. The van der Waals surface area contributed by atoms with E-state index in [0.29, 0.717) is 23.4 Å². The van der Waals surface area contributed by atoms with E-state index in [9.17, 15) is 13.2 Å². The number of carbonyl (C=O) groups is 1. The van der Waals surface area contributed by atoms with Crippen molar-refractivity contribution in [3.8, 4) is 5.75 Å². The Morgan fingerprint density at radius 3 is 2.58 bits per heavy atom. The van der Waals surface area contributed by atoms with Crippen LogP contribution in [-0.2, 0) is 14.6 Å². The first kappa shape index (κ1) is 15.3. The molecule has 0 bridgehead atoms. The SMILES string of the molecule is COC(=O)c1ccc(OCCCS(C)(=O)=O)c(N)c1. The van der Waals surface area contributed by atoms with Gasteiger partial charge < -0.3 is 15.2 Å². The largest absolute Gasteiger partial charge is 0.491 e. The average Bonchev–Trinajstić information content (AvgIpc) is 2.33. The minimum Gasteiger partial charge on any atom is -0.491 e. The first-order valence-corrected chi connectivity index (χ1v) is 7.68. The summed E-state index contributed by atoms with van der Waals surface area (Å²) >= 11 is 0. The summed E-state index contributed by atoms with van der Waals surface area (Å²) in [5.74, 6) is 0.00383. The van der Waals surface area contributed by atoms with Crippen molar-refractivity contribution in [1.82, 2.24) is 0 Å². The number of esters is 1. The van der Waals surface area contributed by atoms with Crippen LogP contribution in [0.1, 0.15) is 16.8 Å². The molecule has 0 atom stereocenters. The first-order chi connectivity index (χ1) is 8.83. The van der Waals surface area contributed by atoms with Gasteiger partial charge in [0.25, 0.3) is 0 Å². The van der Waals surface area contributed by atoms with Crippen LogP contribution in [0.4, 0.5) is 5.69 Å². The number of nitrogens with two attached hydrogens (primary N) is 1. The number of benzene rings is 1. The van der Waals surface area contributed by atoms with Crippen LogP contribution >= 0.6 is 0 Å². The van der Waals surface area contributed by atoms with E-state index in [4.69, 9.17) is 10.5 Å². The maximum absolute atomic E-state index is 11.3. The molecule has 0 amide bonds. The predicted molar refractivity (Wildman–Crippen MR) is 72.0 cm³/mol. The fourth-order valence-electron chi connectivity index (χ4n) is 1.43. The van der Waals surface area contributed by atoms with Crippen LogP contribution in [-0.4, -0.2) is 40.1 Å². The van der Waals surface area contributed by atoms with Gasteiger partial charge in [-0.25, -0.2) is 13.2 Å². The number of sulfone groups is 1. The molecule has 1 rings (SSSR count). The zero-order chi connectivity index (χ0) is 14.5. The zero-order valence-electron chi connectivity index (χ0n) is 10.9. The molecule has 2 N–H and O–H groups in total. The van der Waals surface area contributed by atoms with E-state index in [0.717, 1.165) is 0 Å². The monoisotopic (exact) mass is 287 g/mol. The van der Waals surface area contributed by atoms with Crippen molar-refractivity contribution in [2.24, 2.45) is 0 Å². The molecule has 0 saturated heterocycles. The standard InChI is InChI=1S/C12H17NO5S/c1-17-12(14)9-4-5-11(10(13)8-9)18-6-3-7-19(2,15)16/h4-5,8H,3,6-7,13H2,1-2H3. The van der Waals surface area contributed by atoms with Gasteiger partial charge in [-0.3, -0.25) is 0 Å². The zero-order valence-corrected chi connectivity index (χ0v) is 11.7. The molecule has 0 aliphatic rings. The normalized spacial score (nSPS) is 11.1. The van der Waals surface area contributed by atoms with E-state index in [-0.39, 0.29) is 12.4 Å². The lowest BCUT2D eigenvalue weighted by atomic mass is 10.2. The van der Waals surface area contributed by atoms with Crippen LogP contribution in [0.2, 0.25) is 0 Å². The van der Waals surface area contributed by atoms with Crippen LogP contribution in [0.3, 0.4) is 0 Å². The fourth-order valence-corrected chi connectivity index (χ4v) is 2.07. The van der Waals surface area contributed by atoms with Gasteiger partial charge in [0, 0.05) is 6.26 Å². The second kappa shape index (κ2) is 6.42. The third kappa shape index (κ3) is 5.17. The lowest BCUT2D eigenvalue weighted by molar-refractivity contribution is 0.0600. The average molecular weight is 287 g/mol. The molecule has 1 aromatic carbocycles. The van der Waals surface area contributed by atoms with Crippen LogP contribution in [0, 0.1) is 0 Å². The minimum atomic E-state index is -2.98. The molecule has 0 saturated carbocycles. The Kier molecular flexibility index (Phi) is 5.17. The van der Waals surface area contributed by atoms with Crippen molar-refractivity contribution in [3.05, 3.63) is 23.8 Å². The summed E-state index contributed by atoms with van der Waals surface area (Å²) < 4.78 is 31.8. The molecule has 0 fully saturated rings. The van der Waals surface area contributed by atoms with E-state index in [1.165, 1.54) is 25.5 Å². The Morgan fingerprint density at radius 2 is 2.05 bits per heavy atom. The van der Waals surface area contributed by atoms with Gasteiger partial charge in [-0.1, -0.05) is 0 Å². The molecular weight excluding hydrogens is 270 g/mol. The van der Waals surface area contributed by atoms with Crippen molar-refractivity contribution in [2.75, 3.05) is 31.5 Å². The topological polar surface area (TPSA) is 95.7 Å². The van der Waals surface area contributed by atoms with E-state index < -0.39 is 15.8 Å². The molecule has 0 aliphatic carbocycles. The van der Waals surface area contributed by atoms with Crippen LogP contribution in [0.5, 0.6) is 5.75 Å². The van der Waals surface area contributed by atoms with Crippen molar-refractivity contribution < 1.29 is 22.7 Å². The summed E-state index contributed by atoms with van der Waals surface area (Å²) in [5, 5.41) is 0. The van der Waals surface area contributed by atoms with Crippen molar-refractivity contribution in [2.45, 2.75) is 6.42 Å². The Morgan fingerprint density at radius 1 is 1.37 bits per heavy atom. The number of anilines is 1. The van der Waals surface area contributed by atoms with Gasteiger partial charge in [-0.05, 0) is 24.6 Å². The quantitative estimate of drug-likeness (QED) is 0.474. The highest BCUT2D eigenvalue weighted by molar-refractivity contribution is 7.90. The predicted octanol–water partition coefficient (Wildman–Crippen LogP) is 0.869. The summed E-state index contributed by atoms with van der Waals surface area (Å²) in [6, 6.07) is 4.55. The Hall–Kier alpha value is -1.76. The minimum absolute atomic E-state index is 0.0626. The number of hydrogen-bond donors (Lipinski definition) is 1. The number of ether oxygens (including phenoxy) is 2. The van der Waals surface area contributed by atoms with Crippen LogP contribution < -0.4 is 10.5 Å². The second-order valence-electron chi connectivity index (χ2n) is 4.08. The van der Waals surface area contributed by atoms with Crippen LogP contribution in [0.15, 0.2) is 18.2 Å². The third-order valence-electron chi connectivity index (χ3n) is 2.35. The molecule has 106 valence electrons. The van der Waals surface area contributed by atoms with Gasteiger partial charge in [0.1, 0.15) is 15.6 Å². The van der Waals surface area contributed by atoms with E-state index in [2.05, 4.69) is 4.74 Å². The van der Waals surface area contributed by atoms with E-state index in [1.54, 1.807) is 6.07 Å². The van der Waals surface area contributed by atoms with Gasteiger partial charge in [-0.15, -0.1) is 0 Å². The highest BCUT2D eigenvalue weighted by Crippen LogP contribution is 2.23. The van der Waals surface area contributed by atoms with Gasteiger partial charge >= 0.3 is 5.97 Å². The lowest BCUT2D eigenvalue weighted by Gasteiger charge is -2.09. The van der Waals surface area contributed by atoms with Crippen molar-refractivity contribution in [1.29, 1.82) is 0 Å². The van der Waals surface area contributed by atoms with E-state index >= 15 is 0 Å².